The number of hydrogen-bond acceptors (Lipinski definition) is 0. The van der Waals surface area contributed by atoms with Gasteiger partial charge in [-0.15, -0.1) is 0 Å². The Labute approximate surface area is 69.7 Å². The molecular weight excluding hydrogens is 132 g/mol. The van der Waals surface area contributed by atoms with Crippen LogP contribution in [0.5, 0.6) is 0 Å². The van der Waals surface area contributed by atoms with E-state index in [1.807, 2.05) is 11.1 Å². The van der Waals surface area contributed by atoms with Crippen LogP contribution in [0.4, 0.5) is 0 Å². The molecule has 2 fully saturated rings. The molecule has 0 spiro atoms. The maximum Gasteiger partial charge on any atom is -0.00786 e. The van der Waals surface area contributed by atoms with Crippen molar-refractivity contribution in [1.82, 2.24) is 0 Å². The first-order valence-electron chi connectivity index (χ1n) is 4.97. The van der Waals surface area contributed by atoms with Gasteiger partial charge in [-0.05, 0) is 43.9 Å². The van der Waals surface area contributed by atoms with E-state index in [2.05, 4.69) is 13.8 Å². The van der Waals surface area contributed by atoms with Gasteiger partial charge in [-0.3, -0.25) is 0 Å². The van der Waals surface area contributed by atoms with E-state index in [0.29, 0.717) is 5.41 Å². The first-order chi connectivity index (χ1) is 5.26. The lowest BCUT2D eigenvalue weighted by atomic mass is 10.0. The predicted octanol–water partition coefficient (Wildman–Crippen LogP) is 3.68. The average molecular weight is 150 g/mol. The Kier molecular flexibility index (Phi) is 1.59. The zero-order chi connectivity index (χ0) is 7.90. The molecule has 0 heterocycles. The van der Waals surface area contributed by atoms with Gasteiger partial charge in [0, 0.05) is 0 Å². The summed E-state index contributed by atoms with van der Waals surface area (Å²) in [6, 6.07) is 0. The largest absolute Gasteiger partial charge is 0.0704 e. The SMILES string of the molecule is CCC1(C)CC1=C1CCCC1. The molecule has 2 aliphatic rings. The highest BCUT2D eigenvalue weighted by molar-refractivity contribution is 5.37. The monoisotopic (exact) mass is 150 g/mol. The van der Waals surface area contributed by atoms with Gasteiger partial charge in [-0.1, -0.05) is 25.0 Å². The second kappa shape index (κ2) is 2.36. The van der Waals surface area contributed by atoms with Gasteiger partial charge in [-0.25, -0.2) is 0 Å². The molecule has 0 nitrogen and oxygen atoms in total. The molecule has 0 radical (unpaired) electrons. The van der Waals surface area contributed by atoms with Crippen LogP contribution in [0.1, 0.15) is 52.4 Å². The summed E-state index contributed by atoms with van der Waals surface area (Å²) in [5.41, 5.74) is 4.31. The van der Waals surface area contributed by atoms with Crippen LogP contribution in [0.25, 0.3) is 0 Å². The fourth-order valence-corrected chi connectivity index (χ4v) is 2.34. The second-order valence-electron chi connectivity index (χ2n) is 4.38. The Morgan fingerprint density at radius 3 is 2.36 bits per heavy atom. The van der Waals surface area contributed by atoms with Crippen LogP contribution in [-0.4, -0.2) is 0 Å². The summed E-state index contributed by atoms with van der Waals surface area (Å²) < 4.78 is 0. The zero-order valence-electron chi connectivity index (χ0n) is 7.74. The Balaban J connectivity index is 2.13. The van der Waals surface area contributed by atoms with E-state index in [1.54, 1.807) is 0 Å². The summed E-state index contributed by atoms with van der Waals surface area (Å²) >= 11 is 0. The molecule has 1 atom stereocenters. The van der Waals surface area contributed by atoms with Crippen LogP contribution in [0.3, 0.4) is 0 Å². The Morgan fingerprint density at radius 1 is 1.27 bits per heavy atom. The average Bonchev–Trinajstić information content (AvgIpc) is 2.53. The molecule has 0 saturated heterocycles. The molecule has 0 aromatic carbocycles. The fraction of sp³-hybridized carbons (Fsp3) is 0.818. The zero-order valence-corrected chi connectivity index (χ0v) is 7.74. The van der Waals surface area contributed by atoms with Crippen LogP contribution in [0, 0.1) is 5.41 Å². The number of allylic oxidation sites excluding steroid dienone is 2. The van der Waals surface area contributed by atoms with Gasteiger partial charge >= 0.3 is 0 Å². The van der Waals surface area contributed by atoms with Crippen molar-refractivity contribution in [3.8, 4) is 0 Å². The summed E-state index contributed by atoms with van der Waals surface area (Å²) in [5, 5.41) is 0. The van der Waals surface area contributed by atoms with E-state index < -0.39 is 0 Å². The van der Waals surface area contributed by atoms with E-state index in [-0.39, 0.29) is 0 Å². The van der Waals surface area contributed by atoms with Crippen LogP contribution in [0.2, 0.25) is 0 Å². The van der Waals surface area contributed by atoms with Crippen molar-refractivity contribution in [2.24, 2.45) is 5.41 Å². The summed E-state index contributed by atoms with van der Waals surface area (Å²) in [7, 11) is 0. The molecule has 0 N–H and O–H groups in total. The molecule has 62 valence electrons. The quantitative estimate of drug-likeness (QED) is 0.500. The van der Waals surface area contributed by atoms with Gasteiger partial charge in [0.2, 0.25) is 0 Å². The van der Waals surface area contributed by atoms with Crippen LogP contribution in [0.15, 0.2) is 11.1 Å². The van der Waals surface area contributed by atoms with Crippen LogP contribution >= 0.6 is 0 Å². The van der Waals surface area contributed by atoms with Gasteiger partial charge in [0.1, 0.15) is 0 Å². The van der Waals surface area contributed by atoms with Gasteiger partial charge in [-0.2, -0.15) is 0 Å². The van der Waals surface area contributed by atoms with Crippen LogP contribution in [-0.2, 0) is 0 Å². The topological polar surface area (TPSA) is 0 Å². The maximum absolute atomic E-state index is 2.42. The van der Waals surface area contributed by atoms with Gasteiger partial charge in [0.25, 0.3) is 0 Å². The molecule has 0 aliphatic heterocycles. The molecule has 0 heteroatoms. The van der Waals surface area contributed by atoms with Crippen LogP contribution < -0.4 is 0 Å². The molecule has 2 saturated carbocycles. The summed E-state index contributed by atoms with van der Waals surface area (Å²) in [6.07, 6.45) is 8.53. The first-order valence-corrected chi connectivity index (χ1v) is 4.97. The van der Waals surface area contributed by atoms with E-state index in [1.165, 1.54) is 38.5 Å². The molecule has 1 unspecified atom stereocenters. The van der Waals surface area contributed by atoms with Crippen molar-refractivity contribution in [3.63, 3.8) is 0 Å². The highest BCUT2D eigenvalue weighted by atomic mass is 14.5. The third-order valence-corrected chi connectivity index (χ3v) is 3.58. The third-order valence-electron chi connectivity index (χ3n) is 3.58. The number of hydrogen-bond donors (Lipinski definition) is 0. The predicted molar refractivity (Wildman–Crippen MR) is 48.5 cm³/mol. The smallest absolute Gasteiger partial charge is 0.00786 e. The molecule has 0 amide bonds. The van der Waals surface area contributed by atoms with Gasteiger partial charge in [0.05, 0.1) is 0 Å². The summed E-state index contributed by atoms with van der Waals surface area (Å²) in [4.78, 5) is 0. The van der Waals surface area contributed by atoms with E-state index in [9.17, 15) is 0 Å². The minimum Gasteiger partial charge on any atom is -0.0704 e. The fourth-order valence-electron chi connectivity index (χ4n) is 2.34. The molecule has 2 aliphatic carbocycles. The molecule has 11 heavy (non-hydrogen) atoms. The molecular formula is C11H18. The van der Waals surface area contributed by atoms with Crippen molar-refractivity contribution in [1.29, 1.82) is 0 Å². The normalized spacial score (nSPS) is 36.5. The van der Waals surface area contributed by atoms with E-state index >= 15 is 0 Å². The molecule has 2 rings (SSSR count). The highest BCUT2D eigenvalue weighted by Gasteiger charge is 2.44. The van der Waals surface area contributed by atoms with E-state index in [4.69, 9.17) is 0 Å². The van der Waals surface area contributed by atoms with Crippen molar-refractivity contribution in [2.45, 2.75) is 52.4 Å². The van der Waals surface area contributed by atoms with E-state index in [0.717, 1.165) is 0 Å². The van der Waals surface area contributed by atoms with Gasteiger partial charge in [0.15, 0.2) is 0 Å². The van der Waals surface area contributed by atoms with Crippen molar-refractivity contribution >= 4 is 0 Å². The Morgan fingerprint density at radius 2 is 1.91 bits per heavy atom. The number of rotatable bonds is 1. The molecule has 0 aromatic rings. The summed E-state index contributed by atoms with van der Waals surface area (Å²) in [6.45, 7) is 4.75. The highest BCUT2D eigenvalue weighted by Crippen LogP contribution is 2.57. The van der Waals surface area contributed by atoms with Crippen molar-refractivity contribution < 1.29 is 0 Å². The second-order valence-corrected chi connectivity index (χ2v) is 4.38. The van der Waals surface area contributed by atoms with Gasteiger partial charge < -0.3 is 0 Å². The first kappa shape index (κ1) is 7.39. The minimum atomic E-state index is 0.652. The van der Waals surface area contributed by atoms with Crippen molar-refractivity contribution in [3.05, 3.63) is 11.1 Å². The van der Waals surface area contributed by atoms with Crippen molar-refractivity contribution in [2.75, 3.05) is 0 Å². The lowest BCUT2D eigenvalue weighted by molar-refractivity contribution is 0.577. The summed E-state index contributed by atoms with van der Waals surface area (Å²) in [5.74, 6) is 0. The molecule has 0 aromatic heterocycles. The minimum absolute atomic E-state index is 0.652. The lowest BCUT2D eigenvalue weighted by Gasteiger charge is -2.02. The third kappa shape index (κ3) is 1.13. The Hall–Kier alpha value is -0.260. The standard InChI is InChI=1S/C11H18/c1-3-11(2)8-10(11)9-6-4-5-7-9/h3-8H2,1-2H3. The molecule has 0 bridgehead atoms. The Bertz CT molecular complexity index is 192. The maximum atomic E-state index is 2.42. The lowest BCUT2D eigenvalue weighted by Crippen LogP contribution is -1.89.